The summed E-state index contributed by atoms with van der Waals surface area (Å²) in [6.45, 7) is 3.54. The van der Waals surface area contributed by atoms with Crippen LogP contribution in [0.5, 0.6) is 0 Å². The van der Waals surface area contributed by atoms with Crippen molar-refractivity contribution >= 4 is 23.5 Å². The highest BCUT2D eigenvalue weighted by Crippen LogP contribution is 2.34. The van der Waals surface area contributed by atoms with Crippen molar-refractivity contribution in [2.24, 2.45) is 0 Å². The second-order valence-corrected chi connectivity index (χ2v) is 7.94. The first-order valence-electron chi connectivity index (χ1n) is 9.72. The molecule has 28 heavy (non-hydrogen) atoms. The fraction of sp³-hybridized carbons (Fsp3) is 0.476. The van der Waals surface area contributed by atoms with E-state index in [0.717, 1.165) is 31.2 Å². The molecule has 1 saturated heterocycles. The fourth-order valence-corrected chi connectivity index (χ4v) is 4.11. The molecule has 2 aliphatic heterocycles. The van der Waals surface area contributed by atoms with Crippen molar-refractivity contribution < 1.29 is 23.9 Å². The molecule has 4 rings (SSSR count). The molecule has 7 nitrogen and oxygen atoms in total. The number of hydrogen-bond acceptors (Lipinski definition) is 6. The number of ether oxygens (including phenoxy) is 2. The van der Waals surface area contributed by atoms with Crippen LogP contribution >= 0.6 is 0 Å². The number of benzene rings is 1. The molecule has 1 N–H and O–H groups in total. The second kappa shape index (κ2) is 6.96. The Labute approximate surface area is 163 Å². The highest BCUT2D eigenvalue weighted by molar-refractivity contribution is 6.15. The number of carbonyl (C=O) groups is 3. The van der Waals surface area contributed by atoms with E-state index in [1.807, 2.05) is 17.0 Å². The Morgan fingerprint density at radius 3 is 2.43 bits per heavy atom. The lowest BCUT2D eigenvalue weighted by Gasteiger charge is -2.31. The van der Waals surface area contributed by atoms with Crippen LogP contribution in [0.25, 0.3) is 0 Å². The van der Waals surface area contributed by atoms with Crippen LogP contribution in [0.15, 0.2) is 30.0 Å². The third kappa shape index (κ3) is 3.37. The molecule has 1 aromatic rings. The van der Waals surface area contributed by atoms with Gasteiger partial charge in [0.05, 0.1) is 0 Å². The van der Waals surface area contributed by atoms with Gasteiger partial charge in [-0.05, 0) is 25.0 Å². The predicted molar refractivity (Wildman–Crippen MR) is 101 cm³/mol. The lowest BCUT2D eigenvalue weighted by molar-refractivity contribution is -0.222. The monoisotopic (exact) mass is 384 g/mol. The van der Waals surface area contributed by atoms with E-state index in [9.17, 15) is 14.4 Å². The second-order valence-electron chi connectivity index (χ2n) is 7.94. The molecule has 1 saturated carbocycles. The Kier molecular flexibility index (Phi) is 4.61. The zero-order valence-corrected chi connectivity index (χ0v) is 16.1. The molecule has 1 amide bonds. The zero-order chi connectivity index (χ0) is 19.9. The number of nitrogens with one attached hydrogen (secondary N) is 1. The van der Waals surface area contributed by atoms with Gasteiger partial charge in [0, 0.05) is 49.4 Å². The quantitative estimate of drug-likeness (QED) is 0.490. The molecule has 2 fully saturated rings. The Hall–Kier alpha value is -2.83. The van der Waals surface area contributed by atoms with E-state index in [-0.39, 0.29) is 17.5 Å². The van der Waals surface area contributed by atoms with Gasteiger partial charge >= 0.3 is 11.9 Å². The molecule has 148 valence electrons. The molecule has 0 unspecified atom stereocenters. The number of hydrogen-bond donors (Lipinski definition) is 1. The SMILES string of the molecule is CC1(C)OC(=O)C(=CNc2cccc3c2CN(C2CCCCC2)C3=O)C(=O)O1. The standard InChI is InChI=1S/C21H24N2O5/c1-21(2)27-19(25)15(20(26)28-21)11-22-17-10-6-9-14-16(17)12-23(18(14)24)13-7-4-3-5-8-13/h6,9-11,13,22H,3-5,7-8,12H2,1-2H3. The van der Waals surface area contributed by atoms with Crippen LogP contribution in [0.2, 0.25) is 0 Å². The largest absolute Gasteiger partial charge is 0.419 e. The maximum atomic E-state index is 12.9. The van der Waals surface area contributed by atoms with Gasteiger partial charge in [0.1, 0.15) is 0 Å². The molecular weight excluding hydrogens is 360 g/mol. The van der Waals surface area contributed by atoms with E-state index in [0.29, 0.717) is 17.8 Å². The minimum atomic E-state index is -1.27. The minimum Gasteiger partial charge on any atom is -0.419 e. The average molecular weight is 384 g/mol. The van der Waals surface area contributed by atoms with Crippen molar-refractivity contribution in [1.29, 1.82) is 0 Å². The van der Waals surface area contributed by atoms with Crippen LogP contribution in [0.3, 0.4) is 0 Å². The summed E-state index contributed by atoms with van der Waals surface area (Å²) in [7, 11) is 0. The first-order chi connectivity index (χ1) is 13.4. The van der Waals surface area contributed by atoms with Crippen molar-refractivity contribution in [3.05, 3.63) is 41.1 Å². The Morgan fingerprint density at radius 1 is 1.07 bits per heavy atom. The molecule has 3 aliphatic rings. The highest BCUT2D eigenvalue weighted by Gasteiger charge is 2.39. The number of nitrogens with zero attached hydrogens (tertiary/aromatic N) is 1. The Morgan fingerprint density at radius 2 is 1.75 bits per heavy atom. The Balaban J connectivity index is 1.55. The molecule has 0 spiro atoms. The topological polar surface area (TPSA) is 84.9 Å². The number of rotatable bonds is 3. The minimum absolute atomic E-state index is 0.0523. The van der Waals surface area contributed by atoms with Crippen LogP contribution < -0.4 is 5.32 Å². The van der Waals surface area contributed by atoms with Crippen molar-refractivity contribution in [1.82, 2.24) is 4.90 Å². The van der Waals surface area contributed by atoms with Crippen LogP contribution in [0.4, 0.5) is 5.69 Å². The van der Waals surface area contributed by atoms with Gasteiger partial charge in [-0.1, -0.05) is 25.3 Å². The Bertz CT molecular complexity index is 846. The number of cyclic esters (lactones) is 2. The molecule has 0 radical (unpaired) electrons. The first kappa shape index (κ1) is 18.5. The molecule has 0 bridgehead atoms. The normalized spacial score (nSPS) is 21.9. The summed E-state index contributed by atoms with van der Waals surface area (Å²) < 4.78 is 10.2. The van der Waals surface area contributed by atoms with Gasteiger partial charge in [0.2, 0.25) is 0 Å². The molecule has 1 aromatic carbocycles. The van der Waals surface area contributed by atoms with Crippen molar-refractivity contribution in [3.8, 4) is 0 Å². The molecule has 1 aliphatic carbocycles. The van der Waals surface area contributed by atoms with Crippen molar-refractivity contribution in [2.75, 3.05) is 5.32 Å². The molecule has 0 aromatic heterocycles. The van der Waals surface area contributed by atoms with Gasteiger partial charge in [0.25, 0.3) is 11.7 Å². The fourth-order valence-electron chi connectivity index (χ4n) is 4.11. The predicted octanol–water partition coefficient (Wildman–Crippen LogP) is 3.11. The van der Waals surface area contributed by atoms with E-state index in [1.165, 1.54) is 26.5 Å². The van der Waals surface area contributed by atoms with Crippen molar-refractivity contribution in [3.63, 3.8) is 0 Å². The number of anilines is 1. The van der Waals surface area contributed by atoms with E-state index < -0.39 is 17.7 Å². The van der Waals surface area contributed by atoms with Gasteiger partial charge in [-0.25, -0.2) is 9.59 Å². The number of carbonyl (C=O) groups excluding carboxylic acids is 3. The van der Waals surface area contributed by atoms with Gasteiger partial charge in [-0.3, -0.25) is 4.79 Å². The summed E-state index contributed by atoms with van der Waals surface area (Å²) in [5, 5.41) is 3.00. The van der Waals surface area contributed by atoms with E-state index in [4.69, 9.17) is 9.47 Å². The van der Waals surface area contributed by atoms with Crippen molar-refractivity contribution in [2.45, 2.75) is 64.3 Å². The summed E-state index contributed by atoms with van der Waals surface area (Å²) in [5.74, 6) is -2.69. The van der Waals surface area contributed by atoms with Crippen LogP contribution in [-0.2, 0) is 25.6 Å². The lowest BCUT2D eigenvalue weighted by atomic mass is 9.94. The molecule has 2 heterocycles. The third-order valence-corrected chi connectivity index (χ3v) is 5.50. The van der Waals surface area contributed by atoms with Gasteiger partial charge < -0.3 is 19.7 Å². The van der Waals surface area contributed by atoms with Gasteiger partial charge in [-0.15, -0.1) is 0 Å². The van der Waals surface area contributed by atoms with Crippen LogP contribution in [-0.4, -0.2) is 34.6 Å². The number of fused-ring (bicyclic) bond motifs is 1. The highest BCUT2D eigenvalue weighted by atomic mass is 16.7. The maximum Gasteiger partial charge on any atom is 0.350 e. The average Bonchev–Trinajstić information content (AvgIpc) is 2.98. The molecular formula is C21H24N2O5. The van der Waals surface area contributed by atoms with Crippen LogP contribution in [0, 0.1) is 0 Å². The molecule has 7 heteroatoms. The maximum absolute atomic E-state index is 12.9. The lowest BCUT2D eigenvalue weighted by Crippen LogP contribution is -2.42. The van der Waals surface area contributed by atoms with Gasteiger partial charge in [0.15, 0.2) is 5.57 Å². The number of esters is 2. The molecule has 0 atom stereocenters. The summed E-state index contributed by atoms with van der Waals surface area (Å²) >= 11 is 0. The summed E-state index contributed by atoms with van der Waals surface area (Å²) in [6, 6.07) is 5.73. The van der Waals surface area contributed by atoms with E-state index >= 15 is 0 Å². The first-order valence-corrected chi connectivity index (χ1v) is 9.72. The third-order valence-electron chi connectivity index (χ3n) is 5.50. The number of amides is 1. The van der Waals surface area contributed by atoms with Gasteiger partial charge in [-0.2, -0.15) is 0 Å². The summed E-state index contributed by atoms with van der Waals surface area (Å²) in [6.07, 6.45) is 6.92. The van der Waals surface area contributed by atoms with E-state index in [1.54, 1.807) is 6.07 Å². The van der Waals surface area contributed by atoms with E-state index in [2.05, 4.69) is 5.32 Å². The smallest absolute Gasteiger partial charge is 0.350 e. The zero-order valence-electron chi connectivity index (χ0n) is 16.1. The summed E-state index contributed by atoms with van der Waals surface area (Å²) in [5.41, 5.74) is 2.05. The van der Waals surface area contributed by atoms with Crippen LogP contribution in [0.1, 0.15) is 61.9 Å². The summed E-state index contributed by atoms with van der Waals surface area (Å²) in [4.78, 5) is 39.0.